The summed E-state index contributed by atoms with van der Waals surface area (Å²) in [4.78, 5) is 4.22. The lowest BCUT2D eigenvalue weighted by molar-refractivity contribution is 0.813. The summed E-state index contributed by atoms with van der Waals surface area (Å²) in [5, 5.41) is 4.63. The van der Waals surface area contributed by atoms with E-state index in [1.165, 1.54) is 0 Å². The van der Waals surface area contributed by atoms with Gasteiger partial charge in [-0.3, -0.25) is 0 Å². The first-order valence-corrected chi connectivity index (χ1v) is 6.89. The summed E-state index contributed by atoms with van der Waals surface area (Å²) in [5.74, 6) is 0.864. The summed E-state index contributed by atoms with van der Waals surface area (Å²) in [5.41, 5.74) is 1.97. The number of aryl methyl sites for hydroxylation is 1. The van der Waals surface area contributed by atoms with Gasteiger partial charge in [0.2, 0.25) is 0 Å². The molecule has 0 aliphatic carbocycles. The Morgan fingerprint density at radius 2 is 2.11 bits per heavy atom. The van der Waals surface area contributed by atoms with Gasteiger partial charge < -0.3 is 9.88 Å². The second kappa shape index (κ2) is 5.51. The van der Waals surface area contributed by atoms with Crippen LogP contribution in [0.15, 0.2) is 22.8 Å². The lowest BCUT2D eigenvalue weighted by atomic mass is 10.2. The first kappa shape index (κ1) is 13.7. The Kier molecular flexibility index (Phi) is 4.20. The van der Waals surface area contributed by atoms with E-state index >= 15 is 0 Å². The molecule has 18 heavy (non-hydrogen) atoms. The van der Waals surface area contributed by atoms with Crippen LogP contribution in [0, 0.1) is 6.92 Å². The highest BCUT2D eigenvalue weighted by molar-refractivity contribution is 9.10. The maximum Gasteiger partial charge on any atom is 0.128 e. The highest BCUT2D eigenvalue weighted by Crippen LogP contribution is 2.29. The van der Waals surface area contributed by atoms with Crippen molar-refractivity contribution in [1.82, 2.24) is 9.55 Å². The molecular weight excluding hydrogens is 337 g/mol. The van der Waals surface area contributed by atoms with E-state index in [2.05, 4.69) is 26.2 Å². The molecule has 1 aromatic heterocycles. The van der Waals surface area contributed by atoms with Crippen molar-refractivity contribution in [2.75, 3.05) is 5.32 Å². The minimum atomic E-state index is 0.585. The molecule has 0 aliphatic heterocycles. The van der Waals surface area contributed by atoms with Crippen LogP contribution in [0.2, 0.25) is 10.2 Å². The molecule has 0 amide bonds. The van der Waals surface area contributed by atoms with E-state index in [0.717, 1.165) is 26.6 Å². The summed E-state index contributed by atoms with van der Waals surface area (Å²) in [6.45, 7) is 2.55. The predicted octanol–water partition coefficient (Wildman–Crippen LogP) is 4.41. The van der Waals surface area contributed by atoms with Gasteiger partial charge in [-0.15, -0.1) is 0 Å². The smallest absolute Gasteiger partial charge is 0.128 e. The van der Waals surface area contributed by atoms with Crippen LogP contribution in [-0.4, -0.2) is 9.55 Å². The number of halogens is 3. The molecule has 1 aromatic carbocycles. The molecule has 0 spiro atoms. The Morgan fingerprint density at radius 1 is 1.39 bits per heavy atom. The van der Waals surface area contributed by atoms with Gasteiger partial charge in [-0.25, -0.2) is 4.98 Å². The Balaban J connectivity index is 2.16. The molecule has 0 fully saturated rings. The molecule has 2 rings (SSSR count). The monoisotopic (exact) mass is 347 g/mol. The average Bonchev–Trinajstić information content (AvgIpc) is 2.63. The molecule has 3 nitrogen and oxygen atoms in total. The number of benzene rings is 1. The molecule has 96 valence electrons. The molecule has 0 bridgehead atoms. The number of nitrogens with one attached hydrogen (secondary N) is 1. The van der Waals surface area contributed by atoms with E-state index in [1.807, 2.05) is 30.7 Å². The molecule has 0 aliphatic rings. The van der Waals surface area contributed by atoms with Crippen molar-refractivity contribution in [3.05, 3.63) is 44.4 Å². The van der Waals surface area contributed by atoms with Crippen molar-refractivity contribution in [1.29, 1.82) is 0 Å². The topological polar surface area (TPSA) is 29.9 Å². The summed E-state index contributed by atoms with van der Waals surface area (Å²) >= 11 is 15.5. The standard InChI is InChI=1S/C12H12BrCl2N3/c1-7-3-8(13)10(4-9(7)14)16-6-12-17-5-11(15)18(12)2/h3-5,16H,6H2,1-2H3. The average molecular weight is 349 g/mol. The van der Waals surface area contributed by atoms with Gasteiger partial charge in [-0.05, 0) is 40.5 Å². The Morgan fingerprint density at radius 3 is 2.72 bits per heavy atom. The number of hydrogen-bond donors (Lipinski definition) is 1. The highest BCUT2D eigenvalue weighted by Gasteiger charge is 2.07. The number of aromatic nitrogens is 2. The summed E-state index contributed by atoms with van der Waals surface area (Å²) in [6.07, 6.45) is 1.63. The Bertz CT molecular complexity index is 581. The van der Waals surface area contributed by atoms with Crippen LogP contribution in [0.1, 0.15) is 11.4 Å². The van der Waals surface area contributed by atoms with Crippen molar-refractivity contribution in [2.24, 2.45) is 7.05 Å². The minimum absolute atomic E-state index is 0.585. The zero-order chi connectivity index (χ0) is 13.3. The fourth-order valence-electron chi connectivity index (χ4n) is 1.54. The van der Waals surface area contributed by atoms with Gasteiger partial charge in [-0.1, -0.05) is 23.2 Å². The van der Waals surface area contributed by atoms with Crippen molar-refractivity contribution < 1.29 is 0 Å². The molecule has 0 radical (unpaired) electrons. The maximum absolute atomic E-state index is 6.10. The van der Waals surface area contributed by atoms with Gasteiger partial charge >= 0.3 is 0 Å². The van der Waals surface area contributed by atoms with Crippen LogP contribution in [0.4, 0.5) is 5.69 Å². The van der Waals surface area contributed by atoms with Crippen LogP contribution in [0.5, 0.6) is 0 Å². The first-order chi connectivity index (χ1) is 8.49. The maximum atomic E-state index is 6.10. The lowest BCUT2D eigenvalue weighted by Crippen LogP contribution is -2.06. The van der Waals surface area contributed by atoms with E-state index in [4.69, 9.17) is 23.2 Å². The third-order valence-corrected chi connectivity index (χ3v) is 4.13. The van der Waals surface area contributed by atoms with E-state index in [9.17, 15) is 0 Å². The van der Waals surface area contributed by atoms with Gasteiger partial charge in [0.1, 0.15) is 11.0 Å². The number of imidazole rings is 1. The van der Waals surface area contributed by atoms with Crippen molar-refractivity contribution >= 4 is 44.8 Å². The number of hydrogen-bond acceptors (Lipinski definition) is 2. The Labute approximate surface area is 124 Å². The fourth-order valence-corrected chi connectivity index (χ4v) is 2.45. The molecule has 0 atom stereocenters. The number of nitrogens with zero attached hydrogens (tertiary/aromatic N) is 2. The molecule has 1 heterocycles. The third-order valence-electron chi connectivity index (χ3n) is 2.71. The Hall–Kier alpha value is -0.710. The van der Waals surface area contributed by atoms with Crippen molar-refractivity contribution in [2.45, 2.75) is 13.5 Å². The zero-order valence-electron chi connectivity index (χ0n) is 9.97. The lowest BCUT2D eigenvalue weighted by Gasteiger charge is -2.10. The summed E-state index contributed by atoms with van der Waals surface area (Å²) < 4.78 is 2.81. The van der Waals surface area contributed by atoms with Crippen molar-refractivity contribution in [3.63, 3.8) is 0 Å². The van der Waals surface area contributed by atoms with Crippen LogP contribution >= 0.6 is 39.1 Å². The molecule has 0 unspecified atom stereocenters. The van der Waals surface area contributed by atoms with Gasteiger partial charge in [0.15, 0.2) is 0 Å². The normalized spacial score (nSPS) is 10.7. The summed E-state index contributed by atoms with van der Waals surface area (Å²) in [7, 11) is 1.88. The molecule has 2 aromatic rings. The van der Waals surface area contributed by atoms with Gasteiger partial charge in [0.25, 0.3) is 0 Å². The second-order valence-electron chi connectivity index (χ2n) is 3.99. The van der Waals surface area contributed by atoms with Crippen LogP contribution in [-0.2, 0) is 13.6 Å². The van der Waals surface area contributed by atoms with Gasteiger partial charge in [0, 0.05) is 16.5 Å². The van der Waals surface area contributed by atoms with Crippen LogP contribution < -0.4 is 5.32 Å². The predicted molar refractivity (Wildman–Crippen MR) is 79.4 cm³/mol. The first-order valence-electron chi connectivity index (χ1n) is 5.34. The van der Waals surface area contributed by atoms with Crippen LogP contribution in [0.3, 0.4) is 0 Å². The van der Waals surface area contributed by atoms with E-state index in [-0.39, 0.29) is 0 Å². The summed E-state index contributed by atoms with van der Waals surface area (Å²) in [6, 6.07) is 3.88. The largest absolute Gasteiger partial charge is 0.377 e. The SMILES string of the molecule is Cc1cc(Br)c(NCc2ncc(Cl)n2C)cc1Cl. The second-order valence-corrected chi connectivity index (χ2v) is 5.64. The van der Waals surface area contributed by atoms with Gasteiger partial charge in [-0.2, -0.15) is 0 Å². The highest BCUT2D eigenvalue weighted by atomic mass is 79.9. The number of anilines is 1. The van der Waals surface area contributed by atoms with Crippen molar-refractivity contribution in [3.8, 4) is 0 Å². The van der Waals surface area contributed by atoms with E-state index < -0.39 is 0 Å². The molecular formula is C12H12BrCl2N3. The quantitative estimate of drug-likeness (QED) is 0.890. The minimum Gasteiger partial charge on any atom is -0.377 e. The fraction of sp³-hybridized carbons (Fsp3) is 0.250. The van der Waals surface area contributed by atoms with E-state index in [0.29, 0.717) is 11.7 Å². The number of rotatable bonds is 3. The zero-order valence-corrected chi connectivity index (χ0v) is 13.1. The molecule has 6 heteroatoms. The van der Waals surface area contributed by atoms with E-state index in [1.54, 1.807) is 6.20 Å². The third kappa shape index (κ3) is 2.82. The van der Waals surface area contributed by atoms with Gasteiger partial charge in [0.05, 0.1) is 18.4 Å². The molecule has 0 saturated heterocycles. The molecule has 1 N–H and O–H groups in total. The van der Waals surface area contributed by atoms with Crippen LogP contribution in [0.25, 0.3) is 0 Å². The molecule has 0 saturated carbocycles.